The average molecular weight is 489 g/mol. The van der Waals surface area contributed by atoms with E-state index in [9.17, 15) is 24.0 Å². The standard InChI is InChI=1S/C25H36N4O6/c1-17(2)22(27-25(34)35-16-18-9-6-5-7-10-18)24(33)29-14-8-11-20(29)23(32)26-19(15-30)12-13-21(31)28(3)4/h5-7,9-10,15,17,19-20,22H,8,11-14,16H2,1-4H3,(H,26,32)(H,27,34)/t19-,20-,22-/m0/s1. The summed E-state index contributed by atoms with van der Waals surface area (Å²) in [5, 5.41) is 5.29. The quantitative estimate of drug-likeness (QED) is 0.455. The monoisotopic (exact) mass is 488 g/mol. The summed E-state index contributed by atoms with van der Waals surface area (Å²) in [6.07, 6.45) is 1.25. The van der Waals surface area contributed by atoms with Crippen LogP contribution in [0.15, 0.2) is 30.3 Å². The summed E-state index contributed by atoms with van der Waals surface area (Å²) in [6.45, 7) is 4.04. The van der Waals surface area contributed by atoms with Gasteiger partial charge in [0, 0.05) is 27.1 Å². The highest BCUT2D eigenvalue weighted by molar-refractivity contribution is 5.92. The van der Waals surface area contributed by atoms with Crippen LogP contribution in [0.25, 0.3) is 0 Å². The number of hydrogen-bond donors (Lipinski definition) is 2. The number of alkyl carbamates (subject to hydrolysis) is 1. The van der Waals surface area contributed by atoms with Gasteiger partial charge in [-0.15, -0.1) is 0 Å². The summed E-state index contributed by atoms with van der Waals surface area (Å²) >= 11 is 0. The zero-order chi connectivity index (χ0) is 26.0. The molecule has 1 aliphatic rings. The molecule has 35 heavy (non-hydrogen) atoms. The molecular formula is C25H36N4O6. The maximum atomic E-state index is 13.3. The van der Waals surface area contributed by atoms with Gasteiger partial charge < -0.3 is 30.0 Å². The molecule has 1 heterocycles. The molecule has 2 N–H and O–H groups in total. The lowest BCUT2D eigenvalue weighted by atomic mass is 10.0. The first kappa shape index (κ1) is 27.8. The summed E-state index contributed by atoms with van der Waals surface area (Å²) < 4.78 is 5.26. The van der Waals surface area contributed by atoms with Crippen molar-refractivity contribution in [2.45, 2.75) is 64.3 Å². The van der Waals surface area contributed by atoms with E-state index in [0.29, 0.717) is 25.7 Å². The fraction of sp³-hybridized carbons (Fsp3) is 0.560. The molecule has 1 aliphatic heterocycles. The van der Waals surface area contributed by atoms with E-state index in [0.717, 1.165) is 5.56 Å². The van der Waals surface area contributed by atoms with Crippen molar-refractivity contribution in [1.82, 2.24) is 20.4 Å². The summed E-state index contributed by atoms with van der Waals surface area (Å²) in [6, 6.07) is 6.75. The second-order valence-corrected chi connectivity index (χ2v) is 9.20. The number of carbonyl (C=O) groups is 5. The maximum absolute atomic E-state index is 13.3. The van der Waals surface area contributed by atoms with Crippen molar-refractivity contribution in [3.8, 4) is 0 Å². The van der Waals surface area contributed by atoms with Crippen LogP contribution >= 0.6 is 0 Å². The normalized spacial score (nSPS) is 16.8. The van der Waals surface area contributed by atoms with Crippen LogP contribution in [0.2, 0.25) is 0 Å². The molecule has 10 nitrogen and oxygen atoms in total. The van der Waals surface area contributed by atoms with Gasteiger partial charge in [-0.25, -0.2) is 4.79 Å². The molecule has 1 aromatic carbocycles. The molecule has 0 aliphatic carbocycles. The number of ether oxygens (including phenoxy) is 1. The summed E-state index contributed by atoms with van der Waals surface area (Å²) in [4.78, 5) is 64.7. The van der Waals surface area contributed by atoms with Crippen LogP contribution in [0.5, 0.6) is 0 Å². The molecule has 0 radical (unpaired) electrons. The first-order valence-corrected chi connectivity index (χ1v) is 11.9. The minimum Gasteiger partial charge on any atom is -0.445 e. The van der Waals surface area contributed by atoms with Crippen LogP contribution in [0.1, 0.15) is 45.1 Å². The molecule has 192 valence electrons. The summed E-state index contributed by atoms with van der Waals surface area (Å²) in [5.41, 5.74) is 0.823. The van der Waals surface area contributed by atoms with E-state index in [1.807, 2.05) is 30.3 Å². The molecule has 1 saturated heterocycles. The van der Waals surface area contributed by atoms with Crippen molar-refractivity contribution in [2.75, 3.05) is 20.6 Å². The summed E-state index contributed by atoms with van der Waals surface area (Å²) in [7, 11) is 3.24. The zero-order valence-electron chi connectivity index (χ0n) is 20.9. The minimum atomic E-state index is -0.869. The van der Waals surface area contributed by atoms with Crippen molar-refractivity contribution in [3.05, 3.63) is 35.9 Å². The van der Waals surface area contributed by atoms with E-state index in [4.69, 9.17) is 4.74 Å². The lowest BCUT2D eigenvalue weighted by Crippen LogP contribution is -2.56. The molecule has 10 heteroatoms. The first-order chi connectivity index (χ1) is 16.6. The highest BCUT2D eigenvalue weighted by Gasteiger charge is 2.39. The van der Waals surface area contributed by atoms with Crippen molar-refractivity contribution in [2.24, 2.45) is 5.92 Å². The number of amides is 4. The number of nitrogens with one attached hydrogen (secondary N) is 2. The molecular weight excluding hydrogens is 452 g/mol. The molecule has 4 amide bonds. The van der Waals surface area contributed by atoms with Gasteiger partial charge in [0.15, 0.2) is 0 Å². The SMILES string of the molecule is CC(C)[C@H](NC(=O)OCc1ccccc1)C(=O)N1CCC[C@H]1C(=O)N[C@H](C=O)CCC(=O)N(C)C. The molecule has 0 unspecified atom stereocenters. The number of carbonyl (C=O) groups excluding carboxylic acids is 5. The van der Waals surface area contributed by atoms with Crippen LogP contribution in [-0.2, 0) is 30.5 Å². The number of likely N-dealkylation sites (tertiary alicyclic amines) is 1. The fourth-order valence-electron chi connectivity index (χ4n) is 3.84. The van der Waals surface area contributed by atoms with Crippen LogP contribution in [0.4, 0.5) is 4.79 Å². The second-order valence-electron chi connectivity index (χ2n) is 9.20. The molecule has 0 aromatic heterocycles. The molecule has 2 rings (SSSR count). The van der Waals surface area contributed by atoms with E-state index < -0.39 is 30.1 Å². The van der Waals surface area contributed by atoms with Gasteiger partial charge in [-0.3, -0.25) is 14.4 Å². The number of aldehydes is 1. The Morgan fingerprint density at radius 1 is 1.14 bits per heavy atom. The maximum Gasteiger partial charge on any atom is 0.408 e. The largest absolute Gasteiger partial charge is 0.445 e. The van der Waals surface area contributed by atoms with Gasteiger partial charge in [0.2, 0.25) is 17.7 Å². The van der Waals surface area contributed by atoms with Gasteiger partial charge in [0.25, 0.3) is 0 Å². The third-order valence-corrected chi connectivity index (χ3v) is 5.92. The fourth-order valence-corrected chi connectivity index (χ4v) is 3.84. The van der Waals surface area contributed by atoms with Gasteiger partial charge in [-0.1, -0.05) is 44.2 Å². The van der Waals surface area contributed by atoms with Crippen LogP contribution in [-0.4, -0.2) is 78.7 Å². The molecule has 0 saturated carbocycles. The van der Waals surface area contributed by atoms with Gasteiger partial charge in [0.05, 0.1) is 6.04 Å². The first-order valence-electron chi connectivity index (χ1n) is 11.9. The molecule has 0 spiro atoms. The van der Waals surface area contributed by atoms with Gasteiger partial charge >= 0.3 is 6.09 Å². The van der Waals surface area contributed by atoms with E-state index >= 15 is 0 Å². The Hall–Kier alpha value is -3.43. The van der Waals surface area contributed by atoms with Crippen molar-refractivity contribution in [1.29, 1.82) is 0 Å². The molecule has 0 bridgehead atoms. The topological polar surface area (TPSA) is 125 Å². The minimum absolute atomic E-state index is 0.0732. The Balaban J connectivity index is 1.97. The van der Waals surface area contributed by atoms with E-state index in [1.54, 1.807) is 27.9 Å². The highest BCUT2D eigenvalue weighted by atomic mass is 16.5. The Labute approximate surface area is 206 Å². The van der Waals surface area contributed by atoms with Crippen LogP contribution in [0.3, 0.4) is 0 Å². The third-order valence-electron chi connectivity index (χ3n) is 5.92. The van der Waals surface area contributed by atoms with E-state index in [2.05, 4.69) is 10.6 Å². The Bertz CT molecular complexity index is 889. The number of hydrogen-bond acceptors (Lipinski definition) is 6. The van der Waals surface area contributed by atoms with Crippen molar-refractivity contribution in [3.63, 3.8) is 0 Å². The van der Waals surface area contributed by atoms with Gasteiger partial charge in [0.1, 0.15) is 25.0 Å². The Morgan fingerprint density at radius 2 is 1.83 bits per heavy atom. The number of rotatable bonds is 11. The zero-order valence-corrected chi connectivity index (χ0v) is 20.9. The van der Waals surface area contributed by atoms with E-state index in [1.165, 1.54) is 9.80 Å². The molecule has 1 fully saturated rings. The van der Waals surface area contributed by atoms with Crippen molar-refractivity contribution >= 4 is 30.1 Å². The lowest BCUT2D eigenvalue weighted by molar-refractivity contribution is -0.141. The average Bonchev–Trinajstić information content (AvgIpc) is 3.33. The smallest absolute Gasteiger partial charge is 0.408 e. The Morgan fingerprint density at radius 3 is 2.43 bits per heavy atom. The molecule has 3 atom stereocenters. The second kappa shape index (κ2) is 13.5. The number of nitrogens with zero attached hydrogens (tertiary/aromatic N) is 2. The van der Waals surface area contributed by atoms with Crippen LogP contribution in [0, 0.1) is 5.92 Å². The number of benzene rings is 1. The highest BCUT2D eigenvalue weighted by Crippen LogP contribution is 2.21. The predicted molar refractivity (Wildman–Crippen MR) is 129 cm³/mol. The van der Waals surface area contributed by atoms with Crippen molar-refractivity contribution < 1.29 is 28.7 Å². The molecule has 1 aromatic rings. The lowest BCUT2D eigenvalue weighted by Gasteiger charge is -2.30. The Kier molecular flexibility index (Phi) is 10.7. The van der Waals surface area contributed by atoms with Gasteiger partial charge in [-0.05, 0) is 30.7 Å². The van der Waals surface area contributed by atoms with E-state index in [-0.39, 0.29) is 37.2 Å². The van der Waals surface area contributed by atoms with Gasteiger partial charge in [-0.2, -0.15) is 0 Å². The van der Waals surface area contributed by atoms with Crippen LogP contribution < -0.4 is 10.6 Å². The summed E-state index contributed by atoms with van der Waals surface area (Å²) in [5.74, 6) is -1.20. The predicted octanol–water partition coefficient (Wildman–Crippen LogP) is 1.48. The third kappa shape index (κ3) is 8.38.